The largest absolute Gasteiger partial charge is 0.484 e. The van der Waals surface area contributed by atoms with Crippen molar-refractivity contribution in [2.45, 2.75) is 25.7 Å². The van der Waals surface area contributed by atoms with Crippen molar-refractivity contribution in [1.29, 1.82) is 0 Å². The molecule has 2 aromatic carbocycles. The van der Waals surface area contributed by atoms with Gasteiger partial charge in [-0.3, -0.25) is 9.59 Å². The van der Waals surface area contributed by atoms with E-state index in [1.807, 2.05) is 54.6 Å². The summed E-state index contributed by atoms with van der Waals surface area (Å²) in [6.07, 6.45) is 3.91. The number of primary amides is 1. The van der Waals surface area contributed by atoms with Crippen LogP contribution in [0, 0.1) is 0 Å². The zero-order chi connectivity index (χ0) is 20.2. The van der Waals surface area contributed by atoms with Gasteiger partial charge in [-0.2, -0.15) is 0 Å². The molecule has 0 saturated heterocycles. The lowest BCUT2D eigenvalue weighted by Crippen LogP contribution is -2.22. The standard InChI is InChI=1S/C23H22N2O3S/c24-22(27)21-18-8-4-5-9-19(18)29-23(21)25-20(26)14-28-17-12-10-16(11-13-17)15-6-2-1-3-7-15/h1-3,6-7,10-13H,4-5,8-9,14H2,(H2,24,27)(H,25,26). The first kappa shape index (κ1) is 19.2. The zero-order valence-corrected chi connectivity index (χ0v) is 16.8. The number of nitrogens with one attached hydrogen (secondary N) is 1. The number of nitrogens with two attached hydrogens (primary N) is 1. The fourth-order valence-electron chi connectivity index (χ4n) is 3.60. The molecule has 1 aromatic heterocycles. The quantitative estimate of drug-likeness (QED) is 0.636. The Morgan fingerprint density at radius 1 is 0.966 bits per heavy atom. The third kappa shape index (κ3) is 4.32. The molecule has 1 heterocycles. The van der Waals surface area contributed by atoms with Crippen LogP contribution in [0.3, 0.4) is 0 Å². The van der Waals surface area contributed by atoms with Crippen LogP contribution in [-0.2, 0) is 17.6 Å². The molecule has 3 N–H and O–H groups in total. The second-order valence-corrected chi connectivity index (χ2v) is 8.11. The number of amides is 2. The van der Waals surface area contributed by atoms with Crippen LogP contribution in [0.25, 0.3) is 11.1 Å². The number of hydrogen-bond donors (Lipinski definition) is 2. The third-order valence-electron chi connectivity index (χ3n) is 5.00. The molecule has 6 heteroatoms. The molecule has 0 unspecified atom stereocenters. The normalized spacial score (nSPS) is 12.8. The Balaban J connectivity index is 1.39. The van der Waals surface area contributed by atoms with Gasteiger partial charge in [0.2, 0.25) is 0 Å². The predicted molar refractivity (Wildman–Crippen MR) is 115 cm³/mol. The molecule has 0 bridgehead atoms. The van der Waals surface area contributed by atoms with Gasteiger partial charge in [0.25, 0.3) is 11.8 Å². The van der Waals surface area contributed by atoms with Crippen LogP contribution in [-0.4, -0.2) is 18.4 Å². The molecule has 0 saturated carbocycles. The Bertz CT molecular complexity index is 1030. The van der Waals surface area contributed by atoms with E-state index >= 15 is 0 Å². The van der Waals surface area contributed by atoms with Gasteiger partial charge in [-0.05, 0) is 54.5 Å². The summed E-state index contributed by atoms with van der Waals surface area (Å²) < 4.78 is 5.61. The molecule has 29 heavy (non-hydrogen) atoms. The van der Waals surface area contributed by atoms with Gasteiger partial charge >= 0.3 is 0 Å². The van der Waals surface area contributed by atoms with Crippen LogP contribution in [0.2, 0.25) is 0 Å². The number of aryl methyl sites for hydroxylation is 1. The van der Waals surface area contributed by atoms with E-state index < -0.39 is 5.91 Å². The number of benzene rings is 2. The first-order valence-electron chi connectivity index (χ1n) is 9.64. The third-order valence-corrected chi connectivity index (χ3v) is 6.21. The highest BCUT2D eigenvalue weighted by Gasteiger charge is 2.24. The lowest BCUT2D eigenvalue weighted by molar-refractivity contribution is -0.118. The van der Waals surface area contributed by atoms with E-state index in [1.165, 1.54) is 11.3 Å². The smallest absolute Gasteiger partial charge is 0.262 e. The van der Waals surface area contributed by atoms with Crippen molar-refractivity contribution in [3.05, 3.63) is 70.6 Å². The Labute approximate surface area is 173 Å². The van der Waals surface area contributed by atoms with Crippen molar-refractivity contribution >= 4 is 28.2 Å². The molecule has 0 fully saturated rings. The molecule has 3 aromatic rings. The summed E-state index contributed by atoms with van der Waals surface area (Å²) in [7, 11) is 0. The molecule has 0 aliphatic heterocycles. The molecule has 5 nitrogen and oxygen atoms in total. The summed E-state index contributed by atoms with van der Waals surface area (Å²) in [5.41, 5.74) is 9.24. The Morgan fingerprint density at radius 3 is 2.38 bits per heavy atom. The van der Waals surface area contributed by atoms with E-state index in [1.54, 1.807) is 0 Å². The van der Waals surface area contributed by atoms with Gasteiger partial charge in [0.15, 0.2) is 6.61 Å². The van der Waals surface area contributed by atoms with Gasteiger partial charge in [-0.15, -0.1) is 11.3 Å². The monoisotopic (exact) mass is 406 g/mol. The SMILES string of the molecule is NC(=O)c1c(NC(=O)COc2ccc(-c3ccccc3)cc2)sc2c1CCCC2. The summed E-state index contributed by atoms with van der Waals surface area (Å²) in [4.78, 5) is 25.4. The van der Waals surface area contributed by atoms with Crippen LogP contribution in [0.15, 0.2) is 54.6 Å². The number of fused-ring (bicyclic) bond motifs is 1. The van der Waals surface area contributed by atoms with Crippen molar-refractivity contribution in [2.75, 3.05) is 11.9 Å². The van der Waals surface area contributed by atoms with Crippen molar-refractivity contribution in [1.82, 2.24) is 0 Å². The molecule has 0 radical (unpaired) electrons. The minimum Gasteiger partial charge on any atom is -0.484 e. The number of thiophene rings is 1. The van der Waals surface area contributed by atoms with E-state index in [0.29, 0.717) is 16.3 Å². The van der Waals surface area contributed by atoms with Crippen LogP contribution >= 0.6 is 11.3 Å². The number of carbonyl (C=O) groups excluding carboxylic acids is 2. The lowest BCUT2D eigenvalue weighted by Gasteiger charge is -2.11. The van der Waals surface area contributed by atoms with E-state index in [4.69, 9.17) is 10.5 Å². The molecular weight excluding hydrogens is 384 g/mol. The average molecular weight is 407 g/mol. The van der Waals surface area contributed by atoms with Gasteiger partial charge in [0, 0.05) is 4.88 Å². The van der Waals surface area contributed by atoms with E-state index in [-0.39, 0.29) is 12.5 Å². The Hall–Kier alpha value is -3.12. The maximum atomic E-state index is 12.4. The highest BCUT2D eigenvalue weighted by molar-refractivity contribution is 7.17. The fraction of sp³-hybridized carbons (Fsp3) is 0.217. The van der Waals surface area contributed by atoms with Gasteiger partial charge in [0.1, 0.15) is 10.8 Å². The number of ether oxygens (including phenoxy) is 1. The van der Waals surface area contributed by atoms with E-state index in [9.17, 15) is 9.59 Å². The first-order valence-corrected chi connectivity index (χ1v) is 10.5. The van der Waals surface area contributed by atoms with Crippen molar-refractivity contribution in [3.63, 3.8) is 0 Å². The summed E-state index contributed by atoms with van der Waals surface area (Å²) in [6, 6.07) is 17.7. The maximum absolute atomic E-state index is 12.4. The molecule has 1 aliphatic rings. The molecule has 0 spiro atoms. The highest BCUT2D eigenvalue weighted by atomic mass is 32.1. The molecule has 148 valence electrons. The summed E-state index contributed by atoms with van der Waals surface area (Å²) in [5.74, 6) is -0.184. The number of carbonyl (C=O) groups is 2. The Kier molecular flexibility index (Phi) is 5.62. The average Bonchev–Trinajstić information content (AvgIpc) is 3.11. The van der Waals surface area contributed by atoms with Crippen LogP contribution in [0.1, 0.15) is 33.6 Å². The van der Waals surface area contributed by atoms with Crippen molar-refractivity contribution in [3.8, 4) is 16.9 Å². The Morgan fingerprint density at radius 2 is 1.66 bits per heavy atom. The molecule has 2 amide bonds. The van der Waals surface area contributed by atoms with Gasteiger partial charge in [-0.25, -0.2) is 0 Å². The highest BCUT2D eigenvalue weighted by Crippen LogP contribution is 2.37. The topological polar surface area (TPSA) is 81.4 Å². The molecule has 1 aliphatic carbocycles. The first-order chi connectivity index (χ1) is 14.1. The zero-order valence-electron chi connectivity index (χ0n) is 15.9. The fourth-order valence-corrected chi connectivity index (χ4v) is 4.91. The van der Waals surface area contributed by atoms with Gasteiger partial charge in [0.05, 0.1) is 5.56 Å². The van der Waals surface area contributed by atoms with Crippen LogP contribution in [0.5, 0.6) is 5.75 Å². The maximum Gasteiger partial charge on any atom is 0.262 e. The van der Waals surface area contributed by atoms with Crippen LogP contribution < -0.4 is 15.8 Å². The molecule has 4 rings (SSSR count). The van der Waals surface area contributed by atoms with Crippen molar-refractivity contribution in [2.24, 2.45) is 5.73 Å². The van der Waals surface area contributed by atoms with Gasteiger partial charge < -0.3 is 15.8 Å². The van der Waals surface area contributed by atoms with Crippen LogP contribution in [0.4, 0.5) is 5.00 Å². The minimum atomic E-state index is -0.489. The summed E-state index contributed by atoms with van der Waals surface area (Å²) in [6.45, 7) is -0.133. The number of anilines is 1. The number of hydrogen-bond acceptors (Lipinski definition) is 4. The van der Waals surface area contributed by atoms with Crippen molar-refractivity contribution < 1.29 is 14.3 Å². The van der Waals surface area contributed by atoms with E-state index in [2.05, 4.69) is 5.32 Å². The summed E-state index contributed by atoms with van der Waals surface area (Å²) in [5, 5.41) is 3.35. The molecule has 0 atom stereocenters. The molecular formula is C23H22N2O3S. The second-order valence-electron chi connectivity index (χ2n) is 7.01. The second kappa shape index (κ2) is 8.49. The summed E-state index contributed by atoms with van der Waals surface area (Å²) >= 11 is 1.45. The minimum absolute atomic E-state index is 0.133. The van der Waals surface area contributed by atoms with Gasteiger partial charge in [-0.1, -0.05) is 42.5 Å². The lowest BCUT2D eigenvalue weighted by atomic mass is 9.95. The van der Waals surface area contributed by atoms with E-state index in [0.717, 1.165) is 47.3 Å². The predicted octanol–water partition coefficient (Wildman–Crippen LogP) is 4.41. The number of rotatable bonds is 6.